The van der Waals surface area contributed by atoms with Gasteiger partial charge in [0.05, 0.1) is 11.0 Å². The summed E-state index contributed by atoms with van der Waals surface area (Å²) in [5.41, 5.74) is -0.349. The van der Waals surface area contributed by atoms with E-state index in [0.717, 1.165) is 12.3 Å². The molecule has 1 aromatic heterocycles. The zero-order valence-corrected chi connectivity index (χ0v) is 9.20. The smallest absolute Gasteiger partial charge is 0.247 e. The second-order valence-electron chi connectivity index (χ2n) is 3.83. The zero-order chi connectivity index (χ0) is 11.8. The standard InChI is InChI=1S/C9H12N2O4S/c12-7-3-6(4-7)11-16(14,15)8-1-2-9(13)10-5-8/h1-2,5-7,11-12H,3-4H2,(H,10,13). The first-order chi connectivity index (χ1) is 7.47. The lowest BCUT2D eigenvalue weighted by atomic mass is 9.91. The Labute approximate surface area is 92.4 Å². The van der Waals surface area contributed by atoms with E-state index in [1.54, 1.807) is 0 Å². The number of aliphatic hydroxyl groups excluding tert-OH is 1. The summed E-state index contributed by atoms with van der Waals surface area (Å²) >= 11 is 0. The molecule has 1 saturated carbocycles. The van der Waals surface area contributed by atoms with Gasteiger partial charge in [0.25, 0.3) is 0 Å². The third kappa shape index (κ3) is 2.31. The van der Waals surface area contributed by atoms with Gasteiger partial charge >= 0.3 is 0 Å². The fourth-order valence-electron chi connectivity index (χ4n) is 1.53. The summed E-state index contributed by atoms with van der Waals surface area (Å²) in [5.74, 6) is 0. The summed E-state index contributed by atoms with van der Waals surface area (Å²) in [5, 5.41) is 9.04. The average molecular weight is 244 g/mol. The highest BCUT2D eigenvalue weighted by Crippen LogP contribution is 2.21. The minimum atomic E-state index is -3.59. The van der Waals surface area contributed by atoms with Crippen LogP contribution in [0.1, 0.15) is 12.8 Å². The summed E-state index contributed by atoms with van der Waals surface area (Å²) in [7, 11) is -3.59. The maximum absolute atomic E-state index is 11.7. The number of hydrogen-bond donors (Lipinski definition) is 3. The van der Waals surface area contributed by atoms with Crippen molar-refractivity contribution in [1.82, 2.24) is 9.71 Å². The molecule has 0 atom stereocenters. The molecule has 0 aliphatic heterocycles. The maximum Gasteiger partial charge on any atom is 0.247 e. The molecular formula is C9H12N2O4S. The van der Waals surface area contributed by atoms with E-state index >= 15 is 0 Å². The molecule has 6 nitrogen and oxygen atoms in total. The second kappa shape index (κ2) is 4.00. The number of aliphatic hydroxyl groups is 1. The largest absolute Gasteiger partial charge is 0.393 e. The minimum Gasteiger partial charge on any atom is -0.393 e. The van der Waals surface area contributed by atoms with E-state index in [9.17, 15) is 13.2 Å². The van der Waals surface area contributed by atoms with Crippen LogP contribution in [0.2, 0.25) is 0 Å². The molecule has 3 N–H and O–H groups in total. The van der Waals surface area contributed by atoms with Gasteiger partial charge in [0, 0.05) is 18.3 Å². The number of hydrogen-bond acceptors (Lipinski definition) is 4. The first-order valence-corrected chi connectivity index (χ1v) is 6.35. The van der Waals surface area contributed by atoms with Gasteiger partial charge in [0.1, 0.15) is 0 Å². The van der Waals surface area contributed by atoms with Crippen LogP contribution in [0, 0.1) is 0 Å². The van der Waals surface area contributed by atoms with Gasteiger partial charge < -0.3 is 10.1 Å². The summed E-state index contributed by atoms with van der Waals surface area (Å²) in [6, 6.07) is 2.19. The summed E-state index contributed by atoms with van der Waals surface area (Å²) < 4.78 is 25.9. The van der Waals surface area contributed by atoms with Gasteiger partial charge in [-0.25, -0.2) is 13.1 Å². The number of pyridine rings is 1. The van der Waals surface area contributed by atoms with Crippen LogP contribution in [0.5, 0.6) is 0 Å². The van der Waals surface area contributed by atoms with E-state index in [4.69, 9.17) is 5.11 Å². The predicted molar refractivity (Wildman–Crippen MR) is 56.4 cm³/mol. The molecule has 0 radical (unpaired) electrons. The highest BCUT2D eigenvalue weighted by molar-refractivity contribution is 7.89. The van der Waals surface area contributed by atoms with Crippen molar-refractivity contribution < 1.29 is 13.5 Å². The molecule has 1 aromatic rings. The molecule has 1 heterocycles. The zero-order valence-electron chi connectivity index (χ0n) is 8.38. The van der Waals surface area contributed by atoms with Crippen molar-refractivity contribution in [2.75, 3.05) is 0 Å². The minimum absolute atomic E-state index is 0.0217. The summed E-state index contributed by atoms with van der Waals surface area (Å²) in [6.45, 7) is 0. The monoisotopic (exact) mass is 244 g/mol. The van der Waals surface area contributed by atoms with Gasteiger partial charge in [0.2, 0.25) is 15.6 Å². The van der Waals surface area contributed by atoms with Crippen LogP contribution in [0.4, 0.5) is 0 Å². The SMILES string of the molecule is O=c1ccc(S(=O)(=O)NC2CC(O)C2)c[nH]1. The Bertz CT molecular complexity index is 510. The van der Waals surface area contributed by atoms with E-state index < -0.39 is 16.1 Å². The Morgan fingerprint density at radius 3 is 2.56 bits per heavy atom. The van der Waals surface area contributed by atoms with Crippen molar-refractivity contribution in [1.29, 1.82) is 0 Å². The molecule has 2 rings (SSSR count). The lowest BCUT2D eigenvalue weighted by Crippen LogP contribution is -2.46. The Hall–Kier alpha value is -1.18. The van der Waals surface area contributed by atoms with E-state index in [1.165, 1.54) is 6.07 Å². The van der Waals surface area contributed by atoms with Crippen LogP contribution < -0.4 is 10.3 Å². The molecule has 0 aromatic carbocycles. The van der Waals surface area contributed by atoms with Gasteiger partial charge in [0.15, 0.2) is 0 Å². The number of sulfonamides is 1. The first kappa shape index (κ1) is 11.3. The molecule has 1 aliphatic rings. The van der Waals surface area contributed by atoms with E-state index in [-0.39, 0.29) is 16.5 Å². The van der Waals surface area contributed by atoms with Crippen LogP contribution in [0.15, 0.2) is 28.0 Å². The average Bonchev–Trinajstić information content (AvgIpc) is 2.15. The van der Waals surface area contributed by atoms with Crippen molar-refractivity contribution in [3.05, 3.63) is 28.7 Å². The van der Waals surface area contributed by atoms with Gasteiger partial charge in [-0.15, -0.1) is 0 Å². The molecule has 88 valence electrons. The highest BCUT2D eigenvalue weighted by Gasteiger charge is 2.31. The Kier molecular flexibility index (Phi) is 2.83. The van der Waals surface area contributed by atoms with Gasteiger partial charge in [-0.05, 0) is 18.9 Å². The van der Waals surface area contributed by atoms with Crippen LogP contribution in [0.25, 0.3) is 0 Å². The van der Waals surface area contributed by atoms with E-state index in [1.807, 2.05) is 0 Å². The second-order valence-corrected chi connectivity index (χ2v) is 5.55. The van der Waals surface area contributed by atoms with Gasteiger partial charge in [-0.3, -0.25) is 4.79 Å². The normalized spacial score (nSPS) is 25.1. The van der Waals surface area contributed by atoms with Crippen molar-refractivity contribution in [2.24, 2.45) is 0 Å². The summed E-state index contributed by atoms with van der Waals surface area (Å²) in [4.78, 5) is 13.1. The van der Waals surface area contributed by atoms with E-state index in [2.05, 4.69) is 9.71 Å². The number of rotatable bonds is 3. The molecule has 1 aliphatic carbocycles. The third-order valence-corrected chi connectivity index (χ3v) is 4.02. The third-order valence-electron chi connectivity index (χ3n) is 2.50. The lowest BCUT2D eigenvalue weighted by molar-refractivity contribution is 0.0712. The molecule has 1 fully saturated rings. The van der Waals surface area contributed by atoms with Crippen molar-refractivity contribution in [3.63, 3.8) is 0 Å². The van der Waals surface area contributed by atoms with Crippen molar-refractivity contribution >= 4 is 10.0 Å². The lowest BCUT2D eigenvalue weighted by Gasteiger charge is -2.31. The van der Waals surface area contributed by atoms with E-state index in [0.29, 0.717) is 12.8 Å². The van der Waals surface area contributed by atoms with Crippen LogP contribution in [-0.2, 0) is 10.0 Å². The predicted octanol–water partition coefficient (Wildman–Crippen LogP) is -0.824. The quantitative estimate of drug-likeness (QED) is 0.646. The number of aromatic nitrogens is 1. The Morgan fingerprint density at radius 1 is 1.38 bits per heavy atom. The van der Waals surface area contributed by atoms with Crippen LogP contribution >= 0.6 is 0 Å². The topological polar surface area (TPSA) is 99.3 Å². The molecule has 7 heteroatoms. The molecule has 0 amide bonds. The van der Waals surface area contributed by atoms with Crippen LogP contribution in [-0.4, -0.2) is 30.7 Å². The summed E-state index contributed by atoms with van der Waals surface area (Å²) in [6.07, 6.45) is 1.61. The molecule has 16 heavy (non-hydrogen) atoms. The van der Waals surface area contributed by atoms with Crippen LogP contribution in [0.3, 0.4) is 0 Å². The molecule has 0 spiro atoms. The Morgan fingerprint density at radius 2 is 2.06 bits per heavy atom. The fraction of sp³-hybridized carbons (Fsp3) is 0.444. The first-order valence-electron chi connectivity index (χ1n) is 4.86. The number of aromatic amines is 1. The fourth-order valence-corrected chi connectivity index (χ4v) is 2.76. The van der Waals surface area contributed by atoms with Crippen molar-refractivity contribution in [2.45, 2.75) is 29.9 Å². The molecule has 0 unspecified atom stereocenters. The molecule has 0 saturated heterocycles. The maximum atomic E-state index is 11.7. The molecular weight excluding hydrogens is 232 g/mol. The van der Waals surface area contributed by atoms with Gasteiger partial charge in [-0.2, -0.15) is 0 Å². The highest BCUT2D eigenvalue weighted by atomic mass is 32.2. The molecule has 0 bridgehead atoms. The van der Waals surface area contributed by atoms with Gasteiger partial charge in [-0.1, -0.05) is 0 Å². The number of nitrogens with one attached hydrogen (secondary N) is 2. The Balaban J connectivity index is 2.13. The van der Waals surface area contributed by atoms with Crippen molar-refractivity contribution in [3.8, 4) is 0 Å². The number of H-pyrrole nitrogens is 1.